The molecule has 0 saturated carbocycles. The van der Waals surface area contributed by atoms with E-state index in [1.54, 1.807) is 0 Å². The minimum atomic E-state index is 0.340. The molecule has 0 aliphatic carbocycles. The van der Waals surface area contributed by atoms with Gasteiger partial charge in [0.25, 0.3) is 0 Å². The van der Waals surface area contributed by atoms with Crippen molar-refractivity contribution < 1.29 is 0 Å². The molecule has 0 amide bonds. The highest BCUT2D eigenvalue weighted by atomic mass is 35.5. The average molecular weight is 176 g/mol. The third kappa shape index (κ3) is 3.00. The van der Waals surface area contributed by atoms with Gasteiger partial charge in [-0.3, -0.25) is 4.90 Å². The van der Waals surface area contributed by atoms with E-state index in [2.05, 4.69) is 11.8 Å². The maximum Gasteiger partial charge on any atom is 0.0850 e. The van der Waals surface area contributed by atoms with E-state index in [1.165, 1.54) is 45.2 Å². The molecular weight excluding hydrogens is 158 g/mol. The van der Waals surface area contributed by atoms with Crippen molar-refractivity contribution in [2.24, 2.45) is 0 Å². The van der Waals surface area contributed by atoms with Crippen molar-refractivity contribution in [3.05, 3.63) is 0 Å². The highest BCUT2D eigenvalue weighted by Gasteiger charge is 2.20. The molecule has 1 fully saturated rings. The molecule has 1 atom stereocenters. The molecule has 66 valence electrons. The van der Waals surface area contributed by atoms with Gasteiger partial charge in [-0.25, -0.2) is 0 Å². The molecule has 1 saturated heterocycles. The van der Waals surface area contributed by atoms with Crippen molar-refractivity contribution in [2.75, 3.05) is 13.1 Å². The number of unbranched alkanes of at least 4 members (excludes halogenated alkanes) is 2. The summed E-state index contributed by atoms with van der Waals surface area (Å²) in [5, 5.41) is 0. The Morgan fingerprint density at radius 3 is 2.82 bits per heavy atom. The molecule has 2 heteroatoms. The summed E-state index contributed by atoms with van der Waals surface area (Å²) in [5.41, 5.74) is 0.340. The van der Waals surface area contributed by atoms with Gasteiger partial charge in [0.15, 0.2) is 0 Å². The van der Waals surface area contributed by atoms with Gasteiger partial charge in [-0.15, -0.1) is 11.6 Å². The summed E-state index contributed by atoms with van der Waals surface area (Å²) in [5.74, 6) is 0. The number of likely N-dealkylation sites (tertiary alicyclic amines) is 1. The fraction of sp³-hybridized carbons (Fsp3) is 1.00. The maximum atomic E-state index is 6.08. The molecule has 1 nitrogen and oxygen atoms in total. The fourth-order valence-corrected chi connectivity index (χ4v) is 1.95. The van der Waals surface area contributed by atoms with Crippen molar-refractivity contribution in [1.82, 2.24) is 4.90 Å². The Morgan fingerprint density at radius 2 is 2.27 bits per heavy atom. The van der Waals surface area contributed by atoms with Crippen LogP contribution < -0.4 is 0 Å². The predicted octanol–water partition coefficient (Wildman–Crippen LogP) is 2.84. The van der Waals surface area contributed by atoms with Crippen molar-refractivity contribution in [3.8, 4) is 0 Å². The molecule has 0 spiro atoms. The lowest BCUT2D eigenvalue weighted by molar-refractivity contribution is 0.304. The van der Waals surface area contributed by atoms with E-state index in [0.29, 0.717) is 5.50 Å². The molecule has 1 aliphatic rings. The standard InChI is InChI=1S/C9H18ClN/c1-2-3-4-7-11-8-5-6-9(11)10/h9H,2-8H2,1H3. The minimum absolute atomic E-state index is 0.340. The number of nitrogens with zero attached hydrogens (tertiary/aromatic N) is 1. The number of alkyl halides is 1. The highest BCUT2D eigenvalue weighted by molar-refractivity contribution is 6.20. The van der Waals surface area contributed by atoms with Gasteiger partial charge in [-0.1, -0.05) is 19.8 Å². The number of hydrogen-bond donors (Lipinski definition) is 0. The maximum absolute atomic E-state index is 6.08. The monoisotopic (exact) mass is 175 g/mol. The van der Waals surface area contributed by atoms with Crippen LogP contribution >= 0.6 is 11.6 Å². The highest BCUT2D eigenvalue weighted by Crippen LogP contribution is 2.20. The zero-order chi connectivity index (χ0) is 8.10. The molecule has 1 rings (SSSR count). The van der Waals surface area contributed by atoms with Crippen LogP contribution in [0.2, 0.25) is 0 Å². The van der Waals surface area contributed by atoms with Crippen molar-refractivity contribution in [3.63, 3.8) is 0 Å². The van der Waals surface area contributed by atoms with Crippen LogP contribution in [0.25, 0.3) is 0 Å². The first-order valence-electron chi connectivity index (χ1n) is 4.72. The number of hydrogen-bond acceptors (Lipinski definition) is 1. The molecule has 11 heavy (non-hydrogen) atoms. The van der Waals surface area contributed by atoms with Gasteiger partial charge in [0.05, 0.1) is 5.50 Å². The minimum Gasteiger partial charge on any atom is -0.287 e. The van der Waals surface area contributed by atoms with E-state index in [1.807, 2.05) is 0 Å². The van der Waals surface area contributed by atoms with Crippen molar-refractivity contribution in [1.29, 1.82) is 0 Å². The molecule has 1 aliphatic heterocycles. The molecule has 0 radical (unpaired) electrons. The van der Waals surface area contributed by atoms with E-state index in [9.17, 15) is 0 Å². The van der Waals surface area contributed by atoms with Crippen LogP contribution in [0.3, 0.4) is 0 Å². The predicted molar refractivity (Wildman–Crippen MR) is 50.0 cm³/mol. The van der Waals surface area contributed by atoms with Gasteiger partial charge in [0, 0.05) is 0 Å². The van der Waals surface area contributed by atoms with E-state index < -0.39 is 0 Å². The lowest BCUT2D eigenvalue weighted by Crippen LogP contribution is -2.26. The van der Waals surface area contributed by atoms with Crippen LogP contribution in [0, 0.1) is 0 Å². The molecular formula is C9H18ClN. The Balaban J connectivity index is 2.05. The first-order chi connectivity index (χ1) is 5.34. The number of halogens is 1. The molecule has 0 N–H and O–H groups in total. The summed E-state index contributed by atoms with van der Waals surface area (Å²) in [6, 6.07) is 0. The summed E-state index contributed by atoms with van der Waals surface area (Å²) in [6.07, 6.45) is 6.45. The van der Waals surface area contributed by atoms with Gasteiger partial charge in [-0.05, 0) is 32.4 Å². The van der Waals surface area contributed by atoms with E-state index in [4.69, 9.17) is 11.6 Å². The second kappa shape index (κ2) is 5.00. The lowest BCUT2D eigenvalue weighted by atomic mass is 10.2. The summed E-state index contributed by atoms with van der Waals surface area (Å²) < 4.78 is 0. The Morgan fingerprint density at radius 1 is 1.45 bits per heavy atom. The van der Waals surface area contributed by atoms with Crippen LogP contribution in [0.4, 0.5) is 0 Å². The van der Waals surface area contributed by atoms with Crippen molar-refractivity contribution >= 4 is 11.6 Å². The lowest BCUT2D eigenvalue weighted by Gasteiger charge is -2.18. The Kier molecular flexibility index (Phi) is 4.24. The third-order valence-electron chi connectivity index (χ3n) is 2.33. The van der Waals surface area contributed by atoms with E-state index >= 15 is 0 Å². The third-order valence-corrected chi connectivity index (χ3v) is 2.83. The fourth-order valence-electron chi connectivity index (χ4n) is 1.60. The van der Waals surface area contributed by atoms with Crippen LogP contribution in [-0.4, -0.2) is 23.5 Å². The summed E-state index contributed by atoms with van der Waals surface area (Å²) in [6.45, 7) is 4.67. The quantitative estimate of drug-likeness (QED) is 0.361. The zero-order valence-electron chi connectivity index (χ0n) is 7.35. The van der Waals surface area contributed by atoms with Crippen LogP contribution in [0.15, 0.2) is 0 Å². The van der Waals surface area contributed by atoms with Gasteiger partial charge >= 0.3 is 0 Å². The van der Waals surface area contributed by atoms with Gasteiger partial charge < -0.3 is 0 Å². The smallest absolute Gasteiger partial charge is 0.0850 e. The molecule has 0 bridgehead atoms. The first-order valence-corrected chi connectivity index (χ1v) is 5.16. The van der Waals surface area contributed by atoms with Crippen LogP contribution in [0.5, 0.6) is 0 Å². The van der Waals surface area contributed by atoms with E-state index in [0.717, 1.165) is 0 Å². The molecule has 0 aromatic heterocycles. The Hall–Kier alpha value is 0.250. The second-order valence-corrected chi connectivity index (χ2v) is 3.82. The van der Waals surface area contributed by atoms with Gasteiger partial charge in [-0.2, -0.15) is 0 Å². The first kappa shape index (κ1) is 9.34. The van der Waals surface area contributed by atoms with Gasteiger partial charge in [0.1, 0.15) is 0 Å². The van der Waals surface area contributed by atoms with Crippen LogP contribution in [-0.2, 0) is 0 Å². The average Bonchev–Trinajstić information content (AvgIpc) is 2.37. The summed E-state index contributed by atoms with van der Waals surface area (Å²) >= 11 is 6.08. The van der Waals surface area contributed by atoms with E-state index in [-0.39, 0.29) is 0 Å². The molecule has 1 heterocycles. The SMILES string of the molecule is CCCCCN1CCCC1Cl. The summed E-state index contributed by atoms with van der Waals surface area (Å²) in [7, 11) is 0. The van der Waals surface area contributed by atoms with Crippen molar-refractivity contribution in [2.45, 2.75) is 44.5 Å². The van der Waals surface area contributed by atoms with Gasteiger partial charge in [0.2, 0.25) is 0 Å². The Labute approximate surface area is 74.7 Å². The molecule has 0 aromatic rings. The normalized spacial score (nSPS) is 26.2. The number of rotatable bonds is 4. The largest absolute Gasteiger partial charge is 0.287 e. The second-order valence-electron chi connectivity index (χ2n) is 3.32. The molecule has 0 aromatic carbocycles. The molecule has 1 unspecified atom stereocenters. The van der Waals surface area contributed by atoms with Crippen LogP contribution in [0.1, 0.15) is 39.0 Å². The topological polar surface area (TPSA) is 3.24 Å². The summed E-state index contributed by atoms with van der Waals surface area (Å²) in [4.78, 5) is 2.40. The Bertz CT molecular complexity index is 106. The zero-order valence-corrected chi connectivity index (χ0v) is 8.11.